The highest BCUT2D eigenvalue weighted by Gasteiger charge is 2.34. The molecule has 0 fully saturated rings. The Morgan fingerprint density at radius 1 is 1.03 bits per heavy atom. The molecule has 1 aliphatic heterocycles. The van der Waals surface area contributed by atoms with Crippen LogP contribution >= 0.6 is 0 Å². The highest BCUT2D eigenvalue weighted by Crippen LogP contribution is 2.32. The van der Waals surface area contributed by atoms with E-state index >= 15 is 0 Å². The van der Waals surface area contributed by atoms with Crippen LogP contribution in [0.5, 0.6) is 0 Å². The molecule has 0 bridgehead atoms. The largest absolute Gasteiger partial charge is 0.550 e. The number of aliphatic imine (C=N–C) groups is 1. The van der Waals surface area contributed by atoms with Crippen molar-refractivity contribution in [2.24, 2.45) is 4.99 Å². The van der Waals surface area contributed by atoms with E-state index in [9.17, 15) is 0 Å². The lowest BCUT2D eigenvalue weighted by molar-refractivity contribution is -0.577. The number of nitrogens with one attached hydrogen (secondary N) is 1. The predicted molar refractivity (Wildman–Crippen MR) is 144 cm³/mol. The van der Waals surface area contributed by atoms with Gasteiger partial charge in [-0.15, -0.1) is 0 Å². The number of hydrogen-bond acceptors (Lipinski definition) is 5. The van der Waals surface area contributed by atoms with Crippen molar-refractivity contribution in [2.75, 3.05) is 5.32 Å². The fraction of sp³-hybridized carbons (Fsp3) is 0.200. The maximum absolute atomic E-state index is 8.89. The lowest BCUT2D eigenvalue weighted by atomic mass is 10.1. The van der Waals surface area contributed by atoms with Crippen LogP contribution in [0.25, 0.3) is 5.70 Å². The van der Waals surface area contributed by atoms with Crippen LogP contribution in [0.3, 0.4) is 0 Å². The molecular formula is C30H31N5O2. The zero-order chi connectivity index (χ0) is 26.4. The Balaban J connectivity index is 0.000000747. The molecule has 1 aliphatic rings. The Bertz CT molecular complexity index is 1430. The number of aliphatic carboxylic acids is 1. The number of benzene rings is 2. The minimum absolute atomic E-state index is 0.221. The van der Waals surface area contributed by atoms with Gasteiger partial charge in [-0.1, -0.05) is 48.5 Å². The van der Waals surface area contributed by atoms with Gasteiger partial charge in [0.05, 0.1) is 11.8 Å². The third-order valence-electron chi connectivity index (χ3n) is 5.90. The number of pyridine rings is 1. The van der Waals surface area contributed by atoms with Crippen molar-refractivity contribution in [3.05, 3.63) is 114 Å². The molecule has 3 heterocycles. The van der Waals surface area contributed by atoms with E-state index in [1.165, 1.54) is 16.8 Å². The number of rotatable bonds is 6. The topological polar surface area (TPSA) is 86.2 Å². The quantitative estimate of drug-likeness (QED) is 0.400. The average Bonchev–Trinajstić information content (AvgIpc) is 3.42. The zero-order valence-corrected chi connectivity index (χ0v) is 21.6. The summed E-state index contributed by atoms with van der Waals surface area (Å²) in [4.78, 5) is 14.1. The zero-order valence-electron chi connectivity index (χ0n) is 21.6. The van der Waals surface area contributed by atoms with E-state index in [1.807, 2.05) is 23.0 Å². The molecule has 4 aromatic rings. The molecule has 0 saturated carbocycles. The van der Waals surface area contributed by atoms with Crippen LogP contribution in [0.1, 0.15) is 50.6 Å². The van der Waals surface area contributed by atoms with E-state index in [2.05, 4.69) is 109 Å². The second-order valence-corrected chi connectivity index (χ2v) is 9.00. The first-order chi connectivity index (χ1) is 17.9. The van der Waals surface area contributed by atoms with Crippen LogP contribution in [-0.4, -0.2) is 21.5 Å². The van der Waals surface area contributed by atoms with E-state index in [0.29, 0.717) is 6.54 Å². The van der Waals surface area contributed by atoms with E-state index in [4.69, 9.17) is 14.9 Å². The normalized spacial score (nSPS) is 13.4. The lowest BCUT2D eigenvalue weighted by Gasteiger charge is -2.13. The number of fused-ring (bicyclic) bond motifs is 1. The first-order valence-electron chi connectivity index (χ1n) is 12.3. The Hall–Kier alpha value is -4.52. The van der Waals surface area contributed by atoms with Crippen LogP contribution in [-0.2, 0) is 11.3 Å². The molecule has 37 heavy (non-hydrogen) atoms. The van der Waals surface area contributed by atoms with Crippen LogP contribution in [0.2, 0.25) is 0 Å². The van der Waals surface area contributed by atoms with Crippen molar-refractivity contribution in [1.82, 2.24) is 9.78 Å². The van der Waals surface area contributed by atoms with Gasteiger partial charge in [-0.3, -0.25) is 0 Å². The fourth-order valence-electron chi connectivity index (χ4n) is 4.31. The minimum Gasteiger partial charge on any atom is -0.550 e. The number of carbonyl (C=O) groups excluding carboxylic acids is 1. The van der Waals surface area contributed by atoms with E-state index in [0.717, 1.165) is 35.4 Å². The average molecular weight is 494 g/mol. The smallest absolute Gasteiger partial charge is 0.237 e. The Morgan fingerprint density at radius 2 is 1.65 bits per heavy atom. The summed E-state index contributed by atoms with van der Waals surface area (Å²) in [6, 6.07) is 27.4. The van der Waals surface area contributed by atoms with Crippen LogP contribution < -0.4 is 15.0 Å². The first-order valence-corrected chi connectivity index (χ1v) is 12.3. The first kappa shape index (κ1) is 25.6. The summed E-state index contributed by atoms with van der Waals surface area (Å²) in [5, 5.41) is 17.1. The molecule has 0 unspecified atom stereocenters. The number of hydrogen-bond donors (Lipinski definition) is 1. The summed E-state index contributed by atoms with van der Waals surface area (Å²) in [7, 11) is 0. The number of aromatic nitrogens is 3. The number of allylic oxidation sites excluding steroid dienone is 1. The predicted octanol–water partition coefficient (Wildman–Crippen LogP) is 4.53. The van der Waals surface area contributed by atoms with Crippen molar-refractivity contribution in [2.45, 2.75) is 40.3 Å². The van der Waals surface area contributed by atoms with Gasteiger partial charge in [0.15, 0.2) is 12.0 Å². The number of nitrogens with zero attached hydrogens (tertiary/aromatic N) is 4. The summed E-state index contributed by atoms with van der Waals surface area (Å²) in [5.41, 5.74) is 7.62. The Morgan fingerprint density at radius 3 is 2.30 bits per heavy atom. The number of carboxylic acid groups (broad SMARTS) is 1. The molecule has 0 amide bonds. The van der Waals surface area contributed by atoms with Crippen LogP contribution in [0, 0.1) is 0 Å². The third-order valence-corrected chi connectivity index (χ3v) is 5.90. The van der Waals surface area contributed by atoms with Crippen molar-refractivity contribution in [3.63, 3.8) is 0 Å². The van der Waals surface area contributed by atoms with E-state index in [1.54, 1.807) is 0 Å². The van der Waals surface area contributed by atoms with Crippen molar-refractivity contribution in [3.8, 4) is 0 Å². The molecule has 0 atom stereocenters. The SMILES string of the molecule is CC(=O)[O-].CC1=C(c2ccccc2)[n+]2ccccc2C1=Nc1cnn(C(C)C)c1NCc1ccccc1. The van der Waals surface area contributed by atoms with Crippen LogP contribution in [0.15, 0.2) is 102 Å². The maximum atomic E-state index is 8.89. The lowest BCUT2D eigenvalue weighted by Crippen LogP contribution is -2.34. The molecular weight excluding hydrogens is 462 g/mol. The van der Waals surface area contributed by atoms with Crippen LogP contribution in [0.4, 0.5) is 11.5 Å². The minimum atomic E-state index is -1.08. The molecule has 5 rings (SSSR count). The van der Waals surface area contributed by atoms with E-state index < -0.39 is 5.97 Å². The number of carboxylic acids is 1. The monoisotopic (exact) mass is 493 g/mol. The Kier molecular flexibility index (Phi) is 7.93. The molecule has 1 N–H and O–H groups in total. The third kappa shape index (κ3) is 5.83. The van der Waals surface area contributed by atoms with E-state index in [-0.39, 0.29) is 6.04 Å². The summed E-state index contributed by atoms with van der Waals surface area (Å²) in [6.07, 6.45) is 3.97. The highest BCUT2D eigenvalue weighted by atomic mass is 16.4. The van der Waals surface area contributed by atoms with Crippen molar-refractivity contribution >= 4 is 28.9 Å². The molecule has 7 heteroatoms. The summed E-state index contributed by atoms with van der Waals surface area (Å²) in [6.45, 7) is 8.11. The molecule has 2 aromatic heterocycles. The fourth-order valence-corrected chi connectivity index (χ4v) is 4.31. The second-order valence-electron chi connectivity index (χ2n) is 9.00. The van der Waals surface area contributed by atoms with Gasteiger partial charge in [-0.05, 0) is 51.5 Å². The standard InChI is InChI=1S/C28H27N5.C2H4O2/c1-20(2)33-28(29-18-22-12-6-4-7-13-22)24(19-30-33)31-26-21(3)27(23-14-8-5-9-15-23)32-17-11-10-16-25(26)32;1-2(3)4/h4-17,19-20H,18H2,1-3H3;1H3,(H,3,4). The molecule has 7 nitrogen and oxygen atoms in total. The van der Waals surface area contributed by atoms with Gasteiger partial charge in [0.25, 0.3) is 0 Å². The summed E-state index contributed by atoms with van der Waals surface area (Å²) >= 11 is 0. The van der Waals surface area contributed by atoms with Crippen molar-refractivity contribution < 1.29 is 14.5 Å². The van der Waals surface area contributed by atoms with Gasteiger partial charge in [-0.2, -0.15) is 9.67 Å². The van der Waals surface area contributed by atoms with Gasteiger partial charge in [-0.25, -0.2) is 9.67 Å². The molecule has 188 valence electrons. The van der Waals surface area contributed by atoms with Gasteiger partial charge < -0.3 is 15.2 Å². The Labute approximate surface area is 217 Å². The van der Waals surface area contributed by atoms with Gasteiger partial charge >= 0.3 is 0 Å². The molecule has 2 aromatic carbocycles. The molecule has 0 radical (unpaired) electrons. The van der Waals surface area contributed by atoms with Gasteiger partial charge in [0.2, 0.25) is 11.4 Å². The second kappa shape index (κ2) is 11.5. The number of anilines is 1. The summed E-state index contributed by atoms with van der Waals surface area (Å²) < 4.78 is 4.24. The van der Waals surface area contributed by atoms with Gasteiger partial charge in [0, 0.05) is 36.3 Å². The van der Waals surface area contributed by atoms with Gasteiger partial charge in [0.1, 0.15) is 11.4 Å². The maximum Gasteiger partial charge on any atom is 0.237 e. The highest BCUT2D eigenvalue weighted by molar-refractivity contribution is 6.17. The summed E-state index contributed by atoms with van der Waals surface area (Å²) in [5.74, 6) is -0.148. The molecule has 0 saturated heterocycles. The molecule has 0 aliphatic carbocycles. The van der Waals surface area contributed by atoms with Crippen molar-refractivity contribution in [1.29, 1.82) is 0 Å². The number of carbonyl (C=O) groups is 1. The molecule has 0 spiro atoms.